The molecule has 1 aromatic heterocycles. The Morgan fingerprint density at radius 2 is 2.08 bits per heavy atom. The van der Waals surface area contributed by atoms with E-state index >= 15 is 0 Å². The monoisotopic (exact) mass is 346 g/mol. The molecule has 1 aromatic carbocycles. The van der Waals surface area contributed by atoms with Gasteiger partial charge in [0.1, 0.15) is 11.6 Å². The first-order valence-corrected chi connectivity index (χ1v) is 8.48. The minimum atomic E-state index is -0.263. The SMILES string of the molecule is Nc1nc([C@H]2CCOC2)cc(N(CCCO)Cc2ccc(F)cc2)n1. The number of benzene rings is 1. The summed E-state index contributed by atoms with van der Waals surface area (Å²) in [6.45, 7) is 2.63. The normalized spacial score (nSPS) is 17.0. The van der Waals surface area contributed by atoms with Crippen LogP contribution < -0.4 is 10.6 Å². The second kappa shape index (κ2) is 8.22. The summed E-state index contributed by atoms with van der Waals surface area (Å²) in [6, 6.07) is 8.32. The lowest BCUT2D eigenvalue weighted by molar-refractivity contribution is 0.193. The first-order valence-electron chi connectivity index (χ1n) is 8.48. The lowest BCUT2D eigenvalue weighted by Crippen LogP contribution is -2.26. The van der Waals surface area contributed by atoms with E-state index in [1.54, 1.807) is 12.1 Å². The van der Waals surface area contributed by atoms with Crippen molar-refractivity contribution in [1.29, 1.82) is 0 Å². The third-order valence-electron chi connectivity index (χ3n) is 4.29. The maximum absolute atomic E-state index is 13.1. The molecule has 7 heteroatoms. The lowest BCUT2D eigenvalue weighted by atomic mass is 10.0. The van der Waals surface area contributed by atoms with Crippen LogP contribution in [0.1, 0.15) is 30.0 Å². The summed E-state index contributed by atoms with van der Waals surface area (Å²) >= 11 is 0. The van der Waals surface area contributed by atoms with Crippen molar-refractivity contribution in [1.82, 2.24) is 9.97 Å². The Morgan fingerprint density at radius 1 is 1.28 bits per heavy atom. The van der Waals surface area contributed by atoms with Crippen LogP contribution in [0.2, 0.25) is 0 Å². The zero-order valence-corrected chi connectivity index (χ0v) is 14.1. The zero-order valence-electron chi connectivity index (χ0n) is 14.1. The molecule has 0 bridgehead atoms. The Hall–Kier alpha value is -2.25. The van der Waals surface area contributed by atoms with Crippen LogP contribution in [-0.4, -0.2) is 41.4 Å². The topological polar surface area (TPSA) is 84.5 Å². The van der Waals surface area contributed by atoms with Crippen LogP contribution in [0.4, 0.5) is 16.2 Å². The zero-order chi connectivity index (χ0) is 17.6. The second-order valence-electron chi connectivity index (χ2n) is 6.19. The number of anilines is 2. The fraction of sp³-hybridized carbons (Fsp3) is 0.444. The highest BCUT2D eigenvalue weighted by atomic mass is 19.1. The maximum atomic E-state index is 13.1. The number of aromatic nitrogens is 2. The summed E-state index contributed by atoms with van der Waals surface area (Å²) in [5, 5.41) is 9.20. The molecule has 3 N–H and O–H groups in total. The fourth-order valence-electron chi connectivity index (χ4n) is 2.96. The molecule has 1 atom stereocenters. The Morgan fingerprint density at radius 3 is 2.76 bits per heavy atom. The van der Waals surface area contributed by atoms with Gasteiger partial charge in [0.25, 0.3) is 0 Å². The molecular weight excluding hydrogens is 323 g/mol. The summed E-state index contributed by atoms with van der Waals surface area (Å²) < 4.78 is 18.6. The summed E-state index contributed by atoms with van der Waals surface area (Å²) in [5.74, 6) is 0.912. The van der Waals surface area contributed by atoms with Crippen LogP contribution in [0.25, 0.3) is 0 Å². The number of halogens is 1. The van der Waals surface area contributed by atoms with Crippen LogP contribution in [-0.2, 0) is 11.3 Å². The van der Waals surface area contributed by atoms with E-state index in [1.807, 2.05) is 11.0 Å². The van der Waals surface area contributed by atoms with Crippen LogP contribution in [0.15, 0.2) is 30.3 Å². The highest BCUT2D eigenvalue weighted by Crippen LogP contribution is 2.27. The summed E-state index contributed by atoms with van der Waals surface area (Å²) in [5.41, 5.74) is 7.76. The van der Waals surface area contributed by atoms with Crippen molar-refractivity contribution >= 4 is 11.8 Å². The van der Waals surface area contributed by atoms with E-state index in [1.165, 1.54) is 12.1 Å². The van der Waals surface area contributed by atoms with E-state index in [0.29, 0.717) is 31.9 Å². The molecule has 0 amide bonds. The Labute approximate surface area is 146 Å². The third-order valence-corrected chi connectivity index (χ3v) is 4.29. The first-order chi connectivity index (χ1) is 12.2. The van der Waals surface area contributed by atoms with Crippen molar-refractivity contribution in [3.63, 3.8) is 0 Å². The van der Waals surface area contributed by atoms with Crippen molar-refractivity contribution in [2.45, 2.75) is 25.3 Å². The number of nitrogen functional groups attached to an aromatic ring is 1. The number of ether oxygens (including phenoxy) is 1. The molecule has 0 saturated carbocycles. The fourth-order valence-corrected chi connectivity index (χ4v) is 2.96. The van der Waals surface area contributed by atoms with Crippen LogP contribution in [0.5, 0.6) is 0 Å². The van der Waals surface area contributed by atoms with E-state index in [0.717, 1.165) is 24.3 Å². The van der Waals surface area contributed by atoms with E-state index < -0.39 is 0 Å². The molecule has 2 aromatic rings. The number of aliphatic hydroxyl groups is 1. The molecule has 1 fully saturated rings. The van der Waals surface area contributed by atoms with E-state index in [9.17, 15) is 9.50 Å². The highest BCUT2D eigenvalue weighted by molar-refractivity contribution is 5.45. The number of nitrogens with zero attached hydrogens (tertiary/aromatic N) is 3. The molecule has 0 radical (unpaired) electrons. The van der Waals surface area contributed by atoms with Gasteiger partial charge in [-0.15, -0.1) is 0 Å². The van der Waals surface area contributed by atoms with Gasteiger partial charge in [0.15, 0.2) is 0 Å². The van der Waals surface area contributed by atoms with Crippen molar-refractivity contribution < 1.29 is 14.2 Å². The number of aliphatic hydroxyl groups excluding tert-OH is 1. The van der Waals surface area contributed by atoms with Crippen molar-refractivity contribution in [2.24, 2.45) is 0 Å². The summed E-state index contributed by atoms with van der Waals surface area (Å²) in [6.07, 6.45) is 1.53. The minimum Gasteiger partial charge on any atom is -0.396 e. The van der Waals surface area contributed by atoms with Crippen LogP contribution in [0.3, 0.4) is 0 Å². The van der Waals surface area contributed by atoms with Crippen molar-refractivity contribution in [3.8, 4) is 0 Å². The van der Waals surface area contributed by atoms with Gasteiger partial charge < -0.3 is 20.5 Å². The quantitative estimate of drug-likeness (QED) is 0.799. The molecule has 0 aliphatic carbocycles. The summed E-state index contributed by atoms with van der Waals surface area (Å²) in [4.78, 5) is 10.8. The number of rotatable bonds is 7. The van der Waals surface area contributed by atoms with E-state index in [4.69, 9.17) is 10.5 Å². The molecule has 1 saturated heterocycles. The molecule has 2 heterocycles. The van der Waals surface area contributed by atoms with Gasteiger partial charge in [-0.1, -0.05) is 12.1 Å². The summed E-state index contributed by atoms with van der Waals surface area (Å²) in [7, 11) is 0. The van der Waals surface area contributed by atoms with Gasteiger partial charge in [-0.2, -0.15) is 4.98 Å². The third kappa shape index (κ3) is 4.64. The molecule has 25 heavy (non-hydrogen) atoms. The smallest absolute Gasteiger partial charge is 0.222 e. The van der Waals surface area contributed by atoms with Gasteiger partial charge in [0.2, 0.25) is 5.95 Å². The lowest BCUT2D eigenvalue weighted by Gasteiger charge is -2.24. The second-order valence-corrected chi connectivity index (χ2v) is 6.19. The Balaban J connectivity index is 1.85. The molecular formula is C18H23FN4O2. The first kappa shape index (κ1) is 17.6. The molecule has 1 aliphatic rings. The van der Waals surface area contributed by atoms with Crippen LogP contribution in [0, 0.1) is 5.82 Å². The van der Waals surface area contributed by atoms with Crippen molar-refractivity contribution in [2.75, 3.05) is 37.0 Å². The van der Waals surface area contributed by atoms with Gasteiger partial charge in [0, 0.05) is 38.3 Å². The minimum absolute atomic E-state index is 0.0871. The molecule has 0 spiro atoms. The van der Waals surface area contributed by atoms with Gasteiger partial charge in [-0.3, -0.25) is 0 Å². The van der Waals surface area contributed by atoms with Gasteiger partial charge in [-0.05, 0) is 30.5 Å². The van der Waals surface area contributed by atoms with E-state index in [2.05, 4.69) is 9.97 Å². The van der Waals surface area contributed by atoms with Crippen LogP contribution >= 0.6 is 0 Å². The Bertz CT molecular complexity index is 690. The standard InChI is InChI=1S/C18H23FN4O2/c19-15-4-2-13(3-5-15)11-23(7-1-8-24)17-10-16(21-18(20)22-17)14-6-9-25-12-14/h2-5,10,14,24H,1,6-9,11-12H2,(H2,20,21,22)/t14-/m0/s1. The number of hydrogen-bond donors (Lipinski definition) is 2. The molecule has 3 rings (SSSR count). The maximum Gasteiger partial charge on any atom is 0.222 e. The Kier molecular flexibility index (Phi) is 5.78. The molecule has 0 unspecified atom stereocenters. The van der Waals surface area contributed by atoms with Gasteiger partial charge in [0.05, 0.1) is 12.3 Å². The predicted molar refractivity (Wildman–Crippen MR) is 93.8 cm³/mol. The van der Waals surface area contributed by atoms with Gasteiger partial charge in [-0.25, -0.2) is 9.37 Å². The number of hydrogen-bond acceptors (Lipinski definition) is 6. The largest absolute Gasteiger partial charge is 0.396 e. The van der Waals surface area contributed by atoms with E-state index in [-0.39, 0.29) is 24.3 Å². The highest BCUT2D eigenvalue weighted by Gasteiger charge is 2.21. The average molecular weight is 346 g/mol. The molecule has 6 nitrogen and oxygen atoms in total. The van der Waals surface area contributed by atoms with Gasteiger partial charge >= 0.3 is 0 Å². The van der Waals surface area contributed by atoms with Crippen molar-refractivity contribution in [3.05, 3.63) is 47.4 Å². The average Bonchev–Trinajstić information content (AvgIpc) is 3.14. The predicted octanol–water partition coefficient (Wildman–Crippen LogP) is 2.09. The molecule has 1 aliphatic heterocycles. The number of nitrogens with two attached hydrogens (primary N) is 1. The molecule has 134 valence electrons.